The fraction of sp³-hybridized carbons (Fsp3) is 0.500. The highest BCUT2D eigenvalue weighted by Crippen LogP contribution is 2.28. The van der Waals surface area contributed by atoms with Crippen LogP contribution >= 0.6 is 15.9 Å². The number of hydrogen-bond donors (Lipinski definition) is 1. The molecule has 0 bridgehead atoms. The van der Waals surface area contributed by atoms with E-state index in [-0.39, 0.29) is 5.56 Å². The molecule has 4 heteroatoms. The summed E-state index contributed by atoms with van der Waals surface area (Å²) < 4.78 is 25.6. The summed E-state index contributed by atoms with van der Waals surface area (Å²) in [6.45, 7) is 1.07. The minimum absolute atomic E-state index is 0.0723. The van der Waals surface area contributed by atoms with Crippen molar-refractivity contribution in [3.8, 4) is 0 Å². The van der Waals surface area contributed by atoms with Crippen LogP contribution in [0.2, 0.25) is 0 Å². The SMILES string of the molecule is FC(F)c1ccc(CC2CCCN2)cc1Br. The summed E-state index contributed by atoms with van der Waals surface area (Å²) in [7, 11) is 0. The van der Waals surface area contributed by atoms with E-state index in [0.29, 0.717) is 10.5 Å². The molecule has 1 aromatic carbocycles. The molecule has 1 nitrogen and oxygen atoms in total. The molecule has 1 atom stereocenters. The Kier molecular flexibility index (Phi) is 3.92. The molecule has 16 heavy (non-hydrogen) atoms. The second kappa shape index (κ2) is 5.23. The Labute approximate surface area is 102 Å². The second-order valence-corrected chi connectivity index (χ2v) is 5.01. The number of hydrogen-bond acceptors (Lipinski definition) is 1. The summed E-state index contributed by atoms with van der Waals surface area (Å²) in [6, 6.07) is 5.62. The van der Waals surface area contributed by atoms with E-state index in [1.165, 1.54) is 18.9 Å². The highest BCUT2D eigenvalue weighted by molar-refractivity contribution is 9.10. The quantitative estimate of drug-likeness (QED) is 0.895. The molecule has 1 fully saturated rings. The largest absolute Gasteiger partial charge is 0.314 e. The molecule has 1 unspecified atom stereocenters. The zero-order valence-corrected chi connectivity index (χ0v) is 10.4. The maximum absolute atomic E-state index is 12.5. The summed E-state index contributed by atoms with van der Waals surface area (Å²) >= 11 is 3.20. The molecular formula is C12H14BrF2N. The van der Waals surface area contributed by atoms with Gasteiger partial charge in [-0.3, -0.25) is 0 Å². The Morgan fingerprint density at radius 2 is 2.25 bits per heavy atom. The predicted molar refractivity (Wildman–Crippen MR) is 63.8 cm³/mol. The van der Waals surface area contributed by atoms with Crippen LogP contribution in [0.1, 0.15) is 30.4 Å². The highest BCUT2D eigenvalue weighted by Gasteiger charge is 2.16. The van der Waals surface area contributed by atoms with Gasteiger partial charge in [-0.25, -0.2) is 8.78 Å². The minimum Gasteiger partial charge on any atom is -0.314 e. The second-order valence-electron chi connectivity index (χ2n) is 4.15. The lowest BCUT2D eigenvalue weighted by Crippen LogP contribution is -2.23. The van der Waals surface area contributed by atoms with Crippen LogP contribution in [0.4, 0.5) is 8.78 Å². The Hall–Kier alpha value is -0.480. The van der Waals surface area contributed by atoms with Crippen molar-refractivity contribution in [2.24, 2.45) is 0 Å². The third-order valence-electron chi connectivity index (χ3n) is 2.94. The van der Waals surface area contributed by atoms with Gasteiger partial charge in [0.15, 0.2) is 0 Å². The molecule has 1 aliphatic heterocycles. The summed E-state index contributed by atoms with van der Waals surface area (Å²) in [5, 5.41) is 3.40. The lowest BCUT2D eigenvalue weighted by atomic mass is 10.0. The Morgan fingerprint density at radius 1 is 1.44 bits per heavy atom. The standard InChI is InChI=1S/C12H14BrF2N/c13-11-7-8(3-4-10(11)12(14)15)6-9-2-1-5-16-9/h3-4,7,9,12,16H,1-2,5-6H2. The first-order chi connectivity index (χ1) is 7.66. The normalized spacial score (nSPS) is 20.6. The van der Waals surface area contributed by atoms with Crippen LogP contribution in [-0.4, -0.2) is 12.6 Å². The van der Waals surface area contributed by atoms with Gasteiger partial charge < -0.3 is 5.32 Å². The zero-order chi connectivity index (χ0) is 11.5. The van der Waals surface area contributed by atoms with E-state index in [2.05, 4.69) is 21.2 Å². The van der Waals surface area contributed by atoms with Gasteiger partial charge in [-0.15, -0.1) is 0 Å². The number of rotatable bonds is 3. The highest BCUT2D eigenvalue weighted by atomic mass is 79.9. The molecule has 0 amide bonds. The van der Waals surface area contributed by atoms with Crippen molar-refractivity contribution in [2.45, 2.75) is 31.7 Å². The molecule has 88 valence electrons. The van der Waals surface area contributed by atoms with Gasteiger partial charge in [0, 0.05) is 16.1 Å². The summed E-state index contributed by atoms with van der Waals surface area (Å²) in [6.07, 6.45) is 0.894. The molecule has 0 radical (unpaired) electrons. The van der Waals surface area contributed by atoms with Gasteiger partial charge in [0.2, 0.25) is 0 Å². The van der Waals surface area contributed by atoms with E-state index in [1.54, 1.807) is 6.07 Å². The summed E-state index contributed by atoms with van der Waals surface area (Å²) in [4.78, 5) is 0. The van der Waals surface area contributed by atoms with Gasteiger partial charge in [-0.05, 0) is 37.4 Å². The third-order valence-corrected chi connectivity index (χ3v) is 3.63. The fourth-order valence-electron chi connectivity index (χ4n) is 2.09. The molecule has 0 aliphatic carbocycles. The van der Waals surface area contributed by atoms with E-state index < -0.39 is 6.43 Å². The summed E-state index contributed by atoms with van der Waals surface area (Å²) in [5.74, 6) is 0. The van der Waals surface area contributed by atoms with Gasteiger partial charge in [0.1, 0.15) is 0 Å². The van der Waals surface area contributed by atoms with Crippen molar-refractivity contribution in [2.75, 3.05) is 6.54 Å². The van der Waals surface area contributed by atoms with Crippen molar-refractivity contribution in [3.63, 3.8) is 0 Å². The van der Waals surface area contributed by atoms with Crippen molar-refractivity contribution in [1.29, 1.82) is 0 Å². The molecule has 0 aromatic heterocycles. The average molecular weight is 290 g/mol. The van der Waals surface area contributed by atoms with E-state index in [4.69, 9.17) is 0 Å². The molecular weight excluding hydrogens is 276 g/mol. The van der Waals surface area contributed by atoms with E-state index in [9.17, 15) is 8.78 Å². The minimum atomic E-state index is -2.41. The number of halogens is 3. The van der Waals surface area contributed by atoms with Crippen LogP contribution < -0.4 is 5.32 Å². The van der Waals surface area contributed by atoms with Gasteiger partial charge in [0.25, 0.3) is 6.43 Å². The Bertz CT molecular complexity index is 362. The monoisotopic (exact) mass is 289 g/mol. The van der Waals surface area contributed by atoms with Crippen LogP contribution in [0.15, 0.2) is 22.7 Å². The van der Waals surface area contributed by atoms with Crippen LogP contribution in [0.3, 0.4) is 0 Å². The van der Waals surface area contributed by atoms with Gasteiger partial charge in [0.05, 0.1) is 0 Å². The lowest BCUT2D eigenvalue weighted by molar-refractivity contribution is 0.150. The van der Waals surface area contributed by atoms with Crippen molar-refractivity contribution >= 4 is 15.9 Å². The van der Waals surface area contributed by atoms with Crippen molar-refractivity contribution < 1.29 is 8.78 Å². The fourth-order valence-corrected chi connectivity index (χ4v) is 2.69. The summed E-state index contributed by atoms with van der Waals surface area (Å²) in [5.41, 5.74) is 1.18. The van der Waals surface area contributed by atoms with Gasteiger partial charge in [-0.2, -0.15) is 0 Å². The Balaban J connectivity index is 2.08. The van der Waals surface area contributed by atoms with Gasteiger partial charge >= 0.3 is 0 Å². The molecule has 1 heterocycles. The van der Waals surface area contributed by atoms with Crippen LogP contribution in [0.25, 0.3) is 0 Å². The number of benzene rings is 1. The van der Waals surface area contributed by atoms with Crippen LogP contribution in [0.5, 0.6) is 0 Å². The van der Waals surface area contributed by atoms with E-state index in [0.717, 1.165) is 18.5 Å². The predicted octanol–water partition coefficient (Wildman–Crippen LogP) is 3.68. The average Bonchev–Trinajstić information content (AvgIpc) is 2.70. The first-order valence-corrected chi connectivity index (χ1v) is 6.26. The molecule has 1 aromatic rings. The van der Waals surface area contributed by atoms with E-state index in [1.807, 2.05) is 6.07 Å². The van der Waals surface area contributed by atoms with Crippen LogP contribution in [-0.2, 0) is 6.42 Å². The van der Waals surface area contributed by atoms with Crippen molar-refractivity contribution in [1.82, 2.24) is 5.32 Å². The van der Waals surface area contributed by atoms with E-state index >= 15 is 0 Å². The smallest absolute Gasteiger partial charge is 0.264 e. The van der Waals surface area contributed by atoms with Crippen LogP contribution in [0, 0.1) is 0 Å². The molecule has 0 spiro atoms. The molecule has 1 N–H and O–H groups in total. The maximum atomic E-state index is 12.5. The molecule has 1 aliphatic rings. The maximum Gasteiger partial charge on any atom is 0.264 e. The molecule has 2 rings (SSSR count). The lowest BCUT2D eigenvalue weighted by Gasteiger charge is -2.11. The zero-order valence-electron chi connectivity index (χ0n) is 8.85. The number of nitrogens with one attached hydrogen (secondary N) is 1. The molecule has 0 saturated carbocycles. The Morgan fingerprint density at radius 3 is 2.81 bits per heavy atom. The molecule has 1 saturated heterocycles. The number of alkyl halides is 2. The third kappa shape index (κ3) is 2.80. The van der Waals surface area contributed by atoms with Gasteiger partial charge in [-0.1, -0.05) is 28.1 Å². The van der Waals surface area contributed by atoms with Crippen molar-refractivity contribution in [3.05, 3.63) is 33.8 Å². The topological polar surface area (TPSA) is 12.0 Å². The first-order valence-electron chi connectivity index (χ1n) is 5.46. The first kappa shape index (κ1) is 12.0.